The molecule has 4 nitrogen and oxygen atoms in total. The van der Waals surface area contributed by atoms with Gasteiger partial charge in [0.15, 0.2) is 0 Å². The lowest BCUT2D eigenvalue weighted by atomic mass is 9.93. The molecule has 0 aromatic heterocycles. The van der Waals surface area contributed by atoms with E-state index in [0.717, 1.165) is 0 Å². The molecule has 66 valence electrons. The average Bonchev–Trinajstić information content (AvgIpc) is 2.30. The van der Waals surface area contributed by atoms with E-state index in [2.05, 4.69) is 0 Å². The molecule has 4 heteroatoms. The molecule has 1 aliphatic carbocycles. The van der Waals surface area contributed by atoms with Crippen LogP contribution in [0.15, 0.2) is 11.6 Å². The van der Waals surface area contributed by atoms with Crippen molar-refractivity contribution in [3.05, 3.63) is 11.6 Å². The molecular formula is C8H10O4. The summed E-state index contributed by atoms with van der Waals surface area (Å²) in [7, 11) is 0. The first-order valence-corrected chi connectivity index (χ1v) is 3.70. The molecule has 0 aliphatic heterocycles. The van der Waals surface area contributed by atoms with E-state index >= 15 is 0 Å². The number of rotatable bonds is 2. The van der Waals surface area contributed by atoms with Gasteiger partial charge in [-0.2, -0.15) is 0 Å². The molecule has 0 saturated carbocycles. The topological polar surface area (TPSA) is 74.6 Å². The SMILES string of the molecule is C[C@H]1CC=C(C(=O)O)[C@H]1C(=O)O. The predicted molar refractivity (Wildman–Crippen MR) is 40.6 cm³/mol. The van der Waals surface area contributed by atoms with E-state index in [0.29, 0.717) is 6.42 Å². The predicted octanol–water partition coefficient (Wildman–Crippen LogP) is 0.738. The maximum atomic E-state index is 10.6. The van der Waals surface area contributed by atoms with Crippen LogP contribution in [0.25, 0.3) is 0 Å². The van der Waals surface area contributed by atoms with Crippen molar-refractivity contribution >= 4 is 11.9 Å². The van der Waals surface area contributed by atoms with Crippen molar-refractivity contribution in [2.24, 2.45) is 11.8 Å². The number of carboxylic acids is 2. The van der Waals surface area contributed by atoms with Gasteiger partial charge < -0.3 is 10.2 Å². The second kappa shape index (κ2) is 2.97. The zero-order valence-electron chi connectivity index (χ0n) is 6.65. The molecular weight excluding hydrogens is 160 g/mol. The second-order valence-electron chi connectivity index (χ2n) is 2.99. The van der Waals surface area contributed by atoms with Gasteiger partial charge in [0.25, 0.3) is 0 Å². The van der Waals surface area contributed by atoms with Gasteiger partial charge in [-0.3, -0.25) is 4.79 Å². The third-order valence-electron chi connectivity index (χ3n) is 2.13. The van der Waals surface area contributed by atoms with Crippen LogP contribution >= 0.6 is 0 Å². The first kappa shape index (κ1) is 8.77. The first-order chi connectivity index (χ1) is 5.54. The van der Waals surface area contributed by atoms with Gasteiger partial charge in [0, 0.05) is 5.57 Å². The van der Waals surface area contributed by atoms with Crippen LogP contribution in [0.2, 0.25) is 0 Å². The maximum Gasteiger partial charge on any atom is 0.332 e. The highest BCUT2D eigenvalue weighted by Crippen LogP contribution is 2.31. The Bertz CT molecular complexity index is 254. The normalized spacial score (nSPS) is 28.2. The van der Waals surface area contributed by atoms with Crippen LogP contribution in [0, 0.1) is 11.8 Å². The van der Waals surface area contributed by atoms with Gasteiger partial charge in [0.05, 0.1) is 5.92 Å². The molecule has 0 unspecified atom stereocenters. The smallest absolute Gasteiger partial charge is 0.332 e. The second-order valence-corrected chi connectivity index (χ2v) is 2.99. The van der Waals surface area contributed by atoms with Crippen LogP contribution in [0.3, 0.4) is 0 Å². The van der Waals surface area contributed by atoms with E-state index < -0.39 is 17.9 Å². The van der Waals surface area contributed by atoms with Gasteiger partial charge in [-0.05, 0) is 12.3 Å². The number of hydrogen-bond acceptors (Lipinski definition) is 2. The Labute approximate surface area is 69.5 Å². The van der Waals surface area contributed by atoms with Crippen molar-refractivity contribution in [3.8, 4) is 0 Å². The summed E-state index contributed by atoms with van der Waals surface area (Å²) in [5.74, 6) is -3.10. The summed E-state index contributed by atoms with van der Waals surface area (Å²) in [6.45, 7) is 1.74. The average molecular weight is 170 g/mol. The quantitative estimate of drug-likeness (QED) is 0.640. The van der Waals surface area contributed by atoms with E-state index in [-0.39, 0.29) is 11.5 Å². The van der Waals surface area contributed by atoms with Crippen LogP contribution in [0.5, 0.6) is 0 Å². The Morgan fingerprint density at radius 1 is 1.50 bits per heavy atom. The van der Waals surface area contributed by atoms with E-state index in [9.17, 15) is 9.59 Å². The molecule has 12 heavy (non-hydrogen) atoms. The summed E-state index contributed by atoms with van der Waals surface area (Å²) < 4.78 is 0. The van der Waals surface area contributed by atoms with Crippen LogP contribution in [0.1, 0.15) is 13.3 Å². The molecule has 0 aromatic rings. The minimum atomic E-state index is -1.12. The minimum Gasteiger partial charge on any atom is -0.481 e. The Balaban J connectivity index is 2.88. The van der Waals surface area contributed by atoms with E-state index in [1.807, 2.05) is 0 Å². The largest absolute Gasteiger partial charge is 0.481 e. The zero-order chi connectivity index (χ0) is 9.30. The molecule has 1 aliphatic rings. The van der Waals surface area contributed by atoms with Crippen molar-refractivity contribution in [1.82, 2.24) is 0 Å². The molecule has 0 bridgehead atoms. The van der Waals surface area contributed by atoms with Crippen molar-refractivity contribution in [1.29, 1.82) is 0 Å². The summed E-state index contributed by atoms with van der Waals surface area (Å²) in [5.41, 5.74) is 0.0231. The van der Waals surface area contributed by atoms with Crippen molar-refractivity contribution in [2.45, 2.75) is 13.3 Å². The van der Waals surface area contributed by atoms with Gasteiger partial charge in [-0.15, -0.1) is 0 Å². The molecule has 0 fully saturated rings. The van der Waals surface area contributed by atoms with E-state index in [1.165, 1.54) is 6.08 Å². The van der Waals surface area contributed by atoms with E-state index in [1.54, 1.807) is 6.92 Å². The monoisotopic (exact) mass is 170 g/mol. The van der Waals surface area contributed by atoms with Crippen LogP contribution in [-0.4, -0.2) is 22.2 Å². The first-order valence-electron chi connectivity index (χ1n) is 3.70. The number of carboxylic acid groups (broad SMARTS) is 2. The number of allylic oxidation sites excluding steroid dienone is 1. The lowest BCUT2D eigenvalue weighted by Crippen LogP contribution is -2.23. The lowest BCUT2D eigenvalue weighted by Gasteiger charge is -2.11. The standard InChI is InChI=1S/C8H10O4/c1-4-2-3-5(7(9)10)6(4)8(11)12/h3-4,6H,2H2,1H3,(H,9,10)(H,11,12)/t4-,6-/m0/s1. The fourth-order valence-electron chi connectivity index (χ4n) is 1.48. The highest BCUT2D eigenvalue weighted by Gasteiger charge is 2.35. The molecule has 0 aromatic carbocycles. The van der Waals surface area contributed by atoms with Gasteiger partial charge in [0.2, 0.25) is 0 Å². The summed E-state index contributed by atoms with van der Waals surface area (Å²) >= 11 is 0. The Morgan fingerprint density at radius 3 is 2.42 bits per heavy atom. The van der Waals surface area contributed by atoms with Crippen LogP contribution in [-0.2, 0) is 9.59 Å². The third-order valence-corrected chi connectivity index (χ3v) is 2.13. The summed E-state index contributed by atoms with van der Waals surface area (Å²) in [6.07, 6.45) is 2.03. The highest BCUT2D eigenvalue weighted by molar-refractivity contribution is 5.94. The van der Waals surface area contributed by atoms with Crippen molar-refractivity contribution in [2.75, 3.05) is 0 Å². The van der Waals surface area contributed by atoms with Gasteiger partial charge in [-0.1, -0.05) is 13.0 Å². The Hall–Kier alpha value is -1.32. The fourth-order valence-corrected chi connectivity index (χ4v) is 1.48. The lowest BCUT2D eigenvalue weighted by molar-refractivity contribution is -0.144. The minimum absolute atomic E-state index is 0.0231. The molecule has 1 rings (SSSR count). The number of hydrogen-bond donors (Lipinski definition) is 2. The summed E-state index contributed by atoms with van der Waals surface area (Å²) in [4.78, 5) is 21.2. The van der Waals surface area contributed by atoms with Crippen LogP contribution < -0.4 is 0 Å². The molecule has 0 heterocycles. The van der Waals surface area contributed by atoms with Crippen molar-refractivity contribution in [3.63, 3.8) is 0 Å². The molecule has 0 radical (unpaired) electrons. The zero-order valence-corrected chi connectivity index (χ0v) is 6.65. The molecule has 0 saturated heterocycles. The third kappa shape index (κ3) is 1.32. The Kier molecular flexibility index (Phi) is 2.17. The Morgan fingerprint density at radius 2 is 2.08 bits per heavy atom. The number of carbonyl (C=O) groups is 2. The molecule has 0 spiro atoms. The molecule has 0 amide bonds. The number of aliphatic carboxylic acids is 2. The molecule has 2 N–H and O–H groups in total. The van der Waals surface area contributed by atoms with E-state index in [4.69, 9.17) is 10.2 Å². The van der Waals surface area contributed by atoms with Crippen LogP contribution in [0.4, 0.5) is 0 Å². The van der Waals surface area contributed by atoms with Gasteiger partial charge >= 0.3 is 11.9 Å². The van der Waals surface area contributed by atoms with Gasteiger partial charge in [0.1, 0.15) is 0 Å². The summed E-state index contributed by atoms with van der Waals surface area (Å²) in [6, 6.07) is 0. The van der Waals surface area contributed by atoms with Gasteiger partial charge in [-0.25, -0.2) is 4.79 Å². The highest BCUT2D eigenvalue weighted by atomic mass is 16.4. The molecule has 2 atom stereocenters. The maximum absolute atomic E-state index is 10.6. The fraction of sp³-hybridized carbons (Fsp3) is 0.500. The van der Waals surface area contributed by atoms with Crippen molar-refractivity contribution < 1.29 is 19.8 Å². The summed E-state index contributed by atoms with van der Waals surface area (Å²) in [5, 5.41) is 17.3.